The van der Waals surface area contributed by atoms with E-state index in [-0.39, 0.29) is 17.8 Å². The molecule has 22 heavy (non-hydrogen) atoms. The molecule has 1 aliphatic rings. The van der Waals surface area contributed by atoms with Crippen molar-refractivity contribution in [1.82, 2.24) is 14.9 Å². The Kier molecular flexibility index (Phi) is 4.39. The Labute approximate surface area is 127 Å². The molecule has 1 saturated heterocycles. The molecule has 5 nitrogen and oxygen atoms in total. The van der Waals surface area contributed by atoms with Gasteiger partial charge in [0.05, 0.1) is 18.9 Å². The molecule has 0 spiro atoms. The number of nitrogens with zero attached hydrogens (tertiary/aromatic N) is 3. The molecule has 0 aliphatic carbocycles. The van der Waals surface area contributed by atoms with Crippen molar-refractivity contribution in [2.45, 2.75) is 12.5 Å². The molecule has 0 N–H and O–H groups in total. The van der Waals surface area contributed by atoms with Gasteiger partial charge >= 0.3 is 0 Å². The van der Waals surface area contributed by atoms with Crippen LogP contribution >= 0.6 is 0 Å². The highest BCUT2D eigenvalue weighted by Crippen LogP contribution is 2.14. The molecule has 6 heteroatoms. The summed E-state index contributed by atoms with van der Waals surface area (Å²) in [7, 11) is 0. The number of morpholine rings is 1. The van der Waals surface area contributed by atoms with Crippen LogP contribution in [0.3, 0.4) is 0 Å². The molecule has 1 aromatic heterocycles. The molecular formula is C16H16FN3O2. The molecule has 2 heterocycles. The van der Waals surface area contributed by atoms with Crippen LogP contribution in [0.25, 0.3) is 0 Å². The fourth-order valence-corrected chi connectivity index (χ4v) is 2.48. The predicted octanol–water partition coefficient (Wildman–Crippen LogP) is 1.70. The lowest BCUT2D eigenvalue weighted by Crippen LogP contribution is -2.46. The van der Waals surface area contributed by atoms with Crippen LogP contribution in [-0.4, -0.2) is 46.6 Å². The Morgan fingerprint density at radius 2 is 2.14 bits per heavy atom. The summed E-state index contributed by atoms with van der Waals surface area (Å²) in [5, 5.41) is 0. The summed E-state index contributed by atoms with van der Waals surface area (Å²) in [6.07, 6.45) is 5.05. The largest absolute Gasteiger partial charge is 0.374 e. The molecular weight excluding hydrogens is 285 g/mol. The van der Waals surface area contributed by atoms with Gasteiger partial charge in [0.2, 0.25) is 0 Å². The van der Waals surface area contributed by atoms with E-state index in [0.717, 1.165) is 5.56 Å². The number of aromatic nitrogens is 2. The highest BCUT2D eigenvalue weighted by molar-refractivity contribution is 5.92. The number of rotatable bonds is 3. The normalized spacial score (nSPS) is 18.2. The third-order valence-corrected chi connectivity index (χ3v) is 3.58. The van der Waals surface area contributed by atoms with Gasteiger partial charge in [-0.2, -0.15) is 0 Å². The Bertz CT molecular complexity index is 634. The first kappa shape index (κ1) is 14.6. The summed E-state index contributed by atoms with van der Waals surface area (Å²) in [6.45, 7) is 1.51. The SMILES string of the molecule is O=C(c1cnccn1)N1CCO[C@@H](Cc2ccc(F)cc2)C1. The van der Waals surface area contributed by atoms with Crippen molar-refractivity contribution < 1.29 is 13.9 Å². The summed E-state index contributed by atoms with van der Waals surface area (Å²) in [5.74, 6) is -0.395. The van der Waals surface area contributed by atoms with Crippen LogP contribution in [0.1, 0.15) is 16.1 Å². The van der Waals surface area contributed by atoms with Crippen molar-refractivity contribution in [2.75, 3.05) is 19.7 Å². The van der Waals surface area contributed by atoms with E-state index >= 15 is 0 Å². The minimum absolute atomic E-state index is 0.0974. The van der Waals surface area contributed by atoms with Gasteiger partial charge in [-0.1, -0.05) is 12.1 Å². The number of amides is 1. The molecule has 0 saturated carbocycles. The highest BCUT2D eigenvalue weighted by Gasteiger charge is 2.25. The first-order valence-electron chi connectivity index (χ1n) is 7.14. The summed E-state index contributed by atoms with van der Waals surface area (Å²) in [4.78, 5) is 22.0. The maximum Gasteiger partial charge on any atom is 0.274 e. The molecule has 1 amide bonds. The van der Waals surface area contributed by atoms with E-state index in [9.17, 15) is 9.18 Å². The van der Waals surface area contributed by atoms with Crippen LogP contribution in [0, 0.1) is 5.82 Å². The minimum atomic E-state index is -0.257. The summed E-state index contributed by atoms with van der Waals surface area (Å²) < 4.78 is 18.6. The summed E-state index contributed by atoms with van der Waals surface area (Å²) in [6, 6.07) is 6.34. The second kappa shape index (κ2) is 6.62. The zero-order valence-electron chi connectivity index (χ0n) is 12.0. The molecule has 1 atom stereocenters. The Morgan fingerprint density at radius 1 is 1.32 bits per heavy atom. The lowest BCUT2D eigenvalue weighted by atomic mass is 10.1. The van der Waals surface area contributed by atoms with Crippen LogP contribution in [-0.2, 0) is 11.2 Å². The van der Waals surface area contributed by atoms with Crippen molar-refractivity contribution in [1.29, 1.82) is 0 Å². The van der Waals surface area contributed by atoms with Gasteiger partial charge < -0.3 is 9.64 Å². The molecule has 0 unspecified atom stereocenters. The van der Waals surface area contributed by atoms with Crippen LogP contribution in [0.2, 0.25) is 0 Å². The summed E-state index contributed by atoms with van der Waals surface area (Å²) in [5.41, 5.74) is 1.32. The van der Waals surface area contributed by atoms with E-state index in [1.165, 1.54) is 30.7 Å². The second-order valence-corrected chi connectivity index (χ2v) is 5.17. The molecule has 0 radical (unpaired) electrons. The van der Waals surface area contributed by atoms with Crippen LogP contribution in [0.5, 0.6) is 0 Å². The Balaban J connectivity index is 1.64. The van der Waals surface area contributed by atoms with Gasteiger partial charge in [-0.3, -0.25) is 9.78 Å². The standard InChI is InChI=1S/C16H16FN3O2/c17-13-3-1-12(2-4-13)9-14-11-20(7-8-22-14)16(21)15-10-18-5-6-19-15/h1-6,10,14H,7-9,11H2/t14-/m0/s1. The third-order valence-electron chi connectivity index (χ3n) is 3.58. The zero-order valence-corrected chi connectivity index (χ0v) is 12.0. The van der Waals surface area contributed by atoms with Gasteiger partial charge in [-0.15, -0.1) is 0 Å². The number of hydrogen-bond acceptors (Lipinski definition) is 4. The van der Waals surface area contributed by atoms with Gasteiger partial charge in [-0.05, 0) is 17.7 Å². The maximum atomic E-state index is 12.9. The Hall–Kier alpha value is -2.34. The van der Waals surface area contributed by atoms with Crippen molar-refractivity contribution in [3.05, 3.63) is 59.9 Å². The van der Waals surface area contributed by atoms with Gasteiger partial charge in [0.15, 0.2) is 0 Å². The van der Waals surface area contributed by atoms with E-state index in [1.54, 1.807) is 17.0 Å². The molecule has 114 valence electrons. The maximum absolute atomic E-state index is 12.9. The van der Waals surface area contributed by atoms with Crippen molar-refractivity contribution in [2.24, 2.45) is 0 Å². The molecule has 3 rings (SSSR count). The van der Waals surface area contributed by atoms with Gasteiger partial charge in [0, 0.05) is 31.9 Å². The van der Waals surface area contributed by atoms with Crippen molar-refractivity contribution in [3.63, 3.8) is 0 Å². The summed E-state index contributed by atoms with van der Waals surface area (Å²) >= 11 is 0. The van der Waals surface area contributed by atoms with Crippen molar-refractivity contribution >= 4 is 5.91 Å². The number of carbonyl (C=O) groups excluding carboxylic acids is 1. The smallest absolute Gasteiger partial charge is 0.274 e. The van der Waals surface area contributed by atoms with Crippen molar-refractivity contribution in [3.8, 4) is 0 Å². The van der Waals surface area contributed by atoms with E-state index in [0.29, 0.717) is 31.8 Å². The topological polar surface area (TPSA) is 55.3 Å². The van der Waals surface area contributed by atoms with E-state index in [1.807, 2.05) is 0 Å². The second-order valence-electron chi connectivity index (χ2n) is 5.17. The fraction of sp³-hybridized carbons (Fsp3) is 0.312. The molecule has 1 aliphatic heterocycles. The lowest BCUT2D eigenvalue weighted by Gasteiger charge is -2.32. The molecule has 1 aromatic carbocycles. The highest BCUT2D eigenvalue weighted by atomic mass is 19.1. The first-order chi connectivity index (χ1) is 10.7. The van der Waals surface area contributed by atoms with Gasteiger partial charge in [0.1, 0.15) is 11.5 Å². The molecule has 2 aromatic rings. The molecule has 0 bridgehead atoms. The fourth-order valence-electron chi connectivity index (χ4n) is 2.48. The number of benzene rings is 1. The van der Waals surface area contributed by atoms with Gasteiger partial charge in [0.25, 0.3) is 5.91 Å². The average molecular weight is 301 g/mol. The lowest BCUT2D eigenvalue weighted by molar-refractivity contribution is -0.0210. The number of hydrogen-bond donors (Lipinski definition) is 0. The average Bonchev–Trinajstić information content (AvgIpc) is 2.57. The zero-order chi connectivity index (χ0) is 15.4. The van der Waals surface area contributed by atoms with Gasteiger partial charge in [-0.25, -0.2) is 9.37 Å². The predicted molar refractivity (Wildman–Crippen MR) is 77.8 cm³/mol. The van der Waals surface area contributed by atoms with Crippen LogP contribution in [0.15, 0.2) is 42.9 Å². The van der Waals surface area contributed by atoms with Crippen LogP contribution in [0.4, 0.5) is 4.39 Å². The monoisotopic (exact) mass is 301 g/mol. The van der Waals surface area contributed by atoms with E-state index in [4.69, 9.17) is 4.74 Å². The van der Waals surface area contributed by atoms with E-state index < -0.39 is 0 Å². The minimum Gasteiger partial charge on any atom is -0.374 e. The number of carbonyl (C=O) groups is 1. The number of ether oxygens (including phenoxy) is 1. The third kappa shape index (κ3) is 3.46. The quantitative estimate of drug-likeness (QED) is 0.866. The number of halogens is 1. The first-order valence-corrected chi connectivity index (χ1v) is 7.14. The molecule has 1 fully saturated rings. The van der Waals surface area contributed by atoms with E-state index in [2.05, 4.69) is 9.97 Å². The Morgan fingerprint density at radius 3 is 2.86 bits per heavy atom. The van der Waals surface area contributed by atoms with Crippen LogP contribution < -0.4 is 0 Å².